The number of anilines is 1. The van der Waals surface area contributed by atoms with Crippen molar-refractivity contribution in [1.82, 2.24) is 15.6 Å². The zero-order valence-electron chi connectivity index (χ0n) is 16.3. The first kappa shape index (κ1) is 21.2. The van der Waals surface area contributed by atoms with Crippen LogP contribution in [0.3, 0.4) is 0 Å². The third kappa shape index (κ3) is 3.82. The third-order valence-corrected chi connectivity index (χ3v) is 6.29. The topological polar surface area (TPSA) is 89.2 Å². The molecule has 158 valence electrons. The smallest absolute Gasteiger partial charge is 0.227 e. The van der Waals surface area contributed by atoms with E-state index in [0.717, 1.165) is 64.9 Å². The minimum Gasteiger partial charge on any atom is -0.374 e. The van der Waals surface area contributed by atoms with Gasteiger partial charge in [-0.25, -0.2) is 0 Å². The van der Waals surface area contributed by atoms with Gasteiger partial charge in [0.25, 0.3) is 0 Å². The van der Waals surface area contributed by atoms with Gasteiger partial charge in [0.1, 0.15) is 6.23 Å². The number of piperidine rings is 1. The lowest BCUT2D eigenvalue weighted by molar-refractivity contribution is -0.120. The first-order valence-corrected chi connectivity index (χ1v) is 10.4. The lowest BCUT2D eigenvalue weighted by Crippen LogP contribution is -2.34. The van der Waals surface area contributed by atoms with Crippen LogP contribution in [-0.2, 0) is 11.3 Å². The number of hydrogen-bond donors (Lipinski definition) is 5. The molecule has 5 rings (SSSR count). The van der Waals surface area contributed by atoms with Crippen molar-refractivity contribution in [2.45, 2.75) is 25.6 Å². The number of carbonyl (C=O) groups excluding carboxylic acids is 1. The first-order valence-electron chi connectivity index (χ1n) is 9.97. The Morgan fingerprint density at radius 1 is 1.13 bits per heavy atom. The van der Waals surface area contributed by atoms with E-state index in [-0.39, 0.29) is 24.2 Å². The normalized spacial score (nSPS) is 18.8. The van der Waals surface area contributed by atoms with E-state index in [0.29, 0.717) is 11.6 Å². The fourth-order valence-electron chi connectivity index (χ4n) is 4.35. The van der Waals surface area contributed by atoms with Crippen LogP contribution in [-0.4, -0.2) is 29.1 Å². The number of rotatable bonds is 3. The summed E-state index contributed by atoms with van der Waals surface area (Å²) >= 11 is 6.30. The predicted octanol–water partition coefficient (Wildman–Crippen LogP) is 3.94. The molecule has 1 saturated heterocycles. The zero-order chi connectivity index (χ0) is 20.0. The predicted molar refractivity (Wildman–Crippen MR) is 122 cm³/mol. The minimum absolute atomic E-state index is 0. The molecule has 5 N–H and O–H groups in total. The van der Waals surface area contributed by atoms with Crippen LogP contribution in [0, 0.1) is 5.92 Å². The van der Waals surface area contributed by atoms with E-state index in [9.17, 15) is 9.90 Å². The Morgan fingerprint density at radius 3 is 2.73 bits per heavy atom. The third-order valence-electron chi connectivity index (χ3n) is 5.93. The summed E-state index contributed by atoms with van der Waals surface area (Å²) in [5.41, 5.74) is 5.38. The monoisotopic (exact) mass is 446 g/mol. The molecule has 1 aromatic heterocycles. The number of hydrogen-bond acceptors (Lipinski definition) is 4. The molecule has 1 atom stereocenters. The van der Waals surface area contributed by atoms with Crippen LogP contribution in [0.25, 0.3) is 22.2 Å². The standard InChI is InChI=1S/C22H23ClN4O2.ClH/c23-17-3-2-15(20-16(17)11-25-22(20)29)19-10-13-9-14(1-4-18(13)27-19)26-21(28)12-5-7-24-8-6-12;/h1-4,9-10,12,22,24-25,27,29H,5-8,11H2,(H,26,28);1H. The Bertz CT molecular complexity index is 1090. The second-order valence-corrected chi connectivity index (χ2v) is 8.18. The lowest BCUT2D eigenvalue weighted by Gasteiger charge is -2.21. The SMILES string of the molecule is Cl.O=C(Nc1ccc2[nH]c(-c3ccc(Cl)c4c3C(O)NC4)cc2c1)C1CCNCC1. The first-order chi connectivity index (χ1) is 14.1. The number of aromatic nitrogens is 1. The molecule has 8 heteroatoms. The zero-order valence-corrected chi connectivity index (χ0v) is 17.9. The molecule has 0 spiro atoms. The van der Waals surface area contributed by atoms with E-state index in [4.69, 9.17) is 11.6 Å². The number of amides is 1. The van der Waals surface area contributed by atoms with E-state index in [2.05, 4.69) is 20.9 Å². The van der Waals surface area contributed by atoms with Crippen LogP contribution in [0.5, 0.6) is 0 Å². The van der Waals surface area contributed by atoms with Crippen LogP contribution < -0.4 is 16.0 Å². The molecule has 1 fully saturated rings. The molecular formula is C22H24Cl2N4O2. The fraction of sp³-hybridized carbons (Fsp3) is 0.318. The molecule has 0 bridgehead atoms. The summed E-state index contributed by atoms with van der Waals surface area (Å²) in [7, 11) is 0. The maximum Gasteiger partial charge on any atom is 0.227 e. The van der Waals surface area contributed by atoms with E-state index in [1.165, 1.54) is 0 Å². The van der Waals surface area contributed by atoms with Gasteiger partial charge in [-0.05, 0) is 61.8 Å². The van der Waals surface area contributed by atoms with Gasteiger partial charge in [0.2, 0.25) is 5.91 Å². The molecule has 3 aromatic rings. The largest absolute Gasteiger partial charge is 0.374 e. The van der Waals surface area contributed by atoms with Crippen molar-refractivity contribution in [1.29, 1.82) is 0 Å². The molecule has 1 amide bonds. The van der Waals surface area contributed by atoms with Crippen LogP contribution in [0.15, 0.2) is 36.4 Å². The van der Waals surface area contributed by atoms with Gasteiger partial charge >= 0.3 is 0 Å². The molecule has 2 aromatic carbocycles. The van der Waals surface area contributed by atoms with Gasteiger partial charge in [-0.15, -0.1) is 12.4 Å². The summed E-state index contributed by atoms with van der Waals surface area (Å²) in [5.74, 6) is 0.158. The van der Waals surface area contributed by atoms with Gasteiger partial charge in [0.15, 0.2) is 0 Å². The summed E-state index contributed by atoms with van der Waals surface area (Å²) in [6.45, 7) is 2.34. The average molecular weight is 447 g/mol. The summed E-state index contributed by atoms with van der Waals surface area (Å²) in [6, 6.07) is 11.7. The second kappa shape index (κ2) is 8.57. The van der Waals surface area contributed by atoms with E-state index >= 15 is 0 Å². The summed E-state index contributed by atoms with van der Waals surface area (Å²) in [5, 5.41) is 21.4. The van der Waals surface area contributed by atoms with Crippen molar-refractivity contribution in [2.75, 3.05) is 18.4 Å². The van der Waals surface area contributed by atoms with E-state index in [1.54, 1.807) is 0 Å². The highest BCUT2D eigenvalue weighted by Crippen LogP contribution is 2.38. The van der Waals surface area contributed by atoms with Gasteiger partial charge < -0.3 is 20.7 Å². The maximum atomic E-state index is 12.5. The van der Waals surface area contributed by atoms with Crippen LogP contribution in [0.1, 0.15) is 30.2 Å². The minimum atomic E-state index is -0.732. The highest BCUT2D eigenvalue weighted by atomic mass is 35.5. The van der Waals surface area contributed by atoms with Crippen molar-refractivity contribution in [3.8, 4) is 11.3 Å². The van der Waals surface area contributed by atoms with Crippen LogP contribution in [0.4, 0.5) is 5.69 Å². The number of aliphatic hydroxyl groups is 1. The number of aromatic amines is 1. The molecule has 0 radical (unpaired) electrons. The molecule has 0 aliphatic carbocycles. The Labute approximate surface area is 185 Å². The van der Waals surface area contributed by atoms with E-state index in [1.807, 2.05) is 36.4 Å². The fourth-order valence-corrected chi connectivity index (χ4v) is 4.58. The average Bonchev–Trinajstić information content (AvgIpc) is 3.33. The lowest BCUT2D eigenvalue weighted by atomic mass is 9.97. The highest BCUT2D eigenvalue weighted by Gasteiger charge is 2.26. The van der Waals surface area contributed by atoms with Crippen molar-refractivity contribution in [2.24, 2.45) is 5.92 Å². The van der Waals surface area contributed by atoms with Crippen molar-refractivity contribution < 1.29 is 9.90 Å². The molecule has 2 aliphatic heterocycles. The molecule has 1 unspecified atom stereocenters. The molecule has 3 heterocycles. The maximum absolute atomic E-state index is 12.5. The number of carbonyl (C=O) groups is 1. The molecule has 30 heavy (non-hydrogen) atoms. The summed E-state index contributed by atoms with van der Waals surface area (Å²) in [6.07, 6.45) is 1.02. The van der Waals surface area contributed by atoms with Crippen molar-refractivity contribution in [3.05, 3.63) is 52.5 Å². The molecule has 0 saturated carbocycles. The molecular weight excluding hydrogens is 423 g/mol. The number of fused-ring (bicyclic) bond motifs is 2. The van der Waals surface area contributed by atoms with Crippen molar-refractivity contribution >= 4 is 46.5 Å². The van der Waals surface area contributed by atoms with Gasteiger partial charge in [-0.1, -0.05) is 17.7 Å². The Kier molecular flexibility index (Phi) is 6.04. The second-order valence-electron chi connectivity index (χ2n) is 7.77. The Balaban J connectivity index is 0.00000218. The van der Waals surface area contributed by atoms with Crippen LogP contribution >= 0.6 is 24.0 Å². The Morgan fingerprint density at radius 2 is 1.93 bits per heavy atom. The Hall–Kier alpha value is -2.09. The van der Waals surface area contributed by atoms with Crippen molar-refractivity contribution in [3.63, 3.8) is 0 Å². The van der Waals surface area contributed by atoms with Gasteiger partial charge in [-0.3, -0.25) is 10.1 Å². The quantitative estimate of drug-likeness (QED) is 0.421. The van der Waals surface area contributed by atoms with Crippen LogP contribution in [0.2, 0.25) is 5.02 Å². The number of H-pyrrole nitrogens is 1. The summed E-state index contributed by atoms with van der Waals surface area (Å²) in [4.78, 5) is 16.0. The molecule has 6 nitrogen and oxygen atoms in total. The number of halogens is 2. The van der Waals surface area contributed by atoms with Gasteiger partial charge in [0, 0.05) is 50.9 Å². The number of benzene rings is 2. The highest BCUT2D eigenvalue weighted by molar-refractivity contribution is 6.31. The number of nitrogens with one attached hydrogen (secondary N) is 4. The molecule has 2 aliphatic rings. The van der Waals surface area contributed by atoms with Gasteiger partial charge in [-0.2, -0.15) is 0 Å². The summed E-state index contributed by atoms with van der Waals surface area (Å²) < 4.78 is 0. The number of aliphatic hydroxyl groups excluding tert-OH is 1. The van der Waals surface area contributed by atoms with E-state index < -0.39 is 6.23 Å². The van der Waals surface area contributed by atoms with Gasteiger partial charge in [0.05, 0.1) is 0 Å².